The highest BCUT2D eigenvalue weighted by atomic mass is 16.5. The van der Waals surface area contributed by atoms with Gasteiger partial charge in [0.2, 0.25) is 0 Å². The average Bonchev–Trinajstić information content (AvgIpc) is 3.04. The number of aromatic amines is 1. The molecule has 0 saturated heterocycles. The second-order valence-electron chi connectivity index (χ2n) is 6.78. The maximum absolute atomic E-state index is 6.11. The lowest BCUT2D eigenvalue weighted by Crippen LogP contribution is -2.14. The van der Waals surface area contributed by atoms with Gasteiger partial charge in [-0.05, 0) is 61.7 Å². The molecule has 3 nitrogen and oxygen atoms in total. The summed E-state index contributed by atoms with van der Waals surface area (Å²) in [4.78, 5) is 3.38. The van der Waals surface area contributed by atoms with Crippen molar-refractivity contribution in [2.75, 3.05) is 13.2 Å². The average molecular weight is 336 g/mol. The maximum Gasteiger partial charge on any atom is 0.119 e. The number of benzene rings is 2. The van der Waals surface area contributed by atoms with Gasteiger partial charge in [0.25, 0.3) is 0 Å². The molecule has 0 aliphatic rings. The van der Waals surface area contributed by atoms with Crippen LogP contribution in [0.3, 0.4) is 0 Å². The molecule has 0 saturated carbocycles. The lowest BCUT2D eigenvalue weighted by atomic mass is 9.91. The van der Waals surface area contributed by atoms with Gasteiger partial charge in [-0.2, -0.15) is 0 Å². The molecular weight excluding hydrogens is 308 g/mol. The minimum atomic E-state index is 0.308. The predicted octanol–water partition coefficient (Wildman–Crippen LogP) is 4.94. The summed E-state index contributed by atoms with van der Waals surface area (Å²) in [5.41, 5.74) is 11.2. The zero-order valence-electron chi connectivity index (χ0n) is 15.2. The SMILES string of the molecule is CCCCOc1ccc(CC(CN)c2c[nH]c3ccc(C)cc23)cc1. The van der Waals surface area contributed by atoms with E-state index in [1.54, 1.807) is 0 Å². The number of aromatic nitrogens is 1. The number of rotatable bonds is 8. The molecule has 3 heteroatoms. The minimum absolute atomic E-state index is 0.308. The molecule has 1 heterocycles. The Morgan fingerprint density at radius 3 is 2.64 bits per heavy atom. The Morgan fingerprint density at radius 1 is 1.12 bits per heavy atom. The zero-order chi connectivity index (χ0) is 17.6. The van der Waals surface area contributed by atoms with E-state index in [0.29, 0.717) is 12.5 Å². The van der Waals surface area contributed by atoms with Gasteiger partial charge in [0.1, 0.15) is 5.75 Å². The van der Waals surface area contributed by atoms with Gasteiger partial charge in [-0.3, -0.25) is 0 Å². The van der Waals surface area contributed by atoms with E-state index in [4.69, 9.17) is 10.5 Å². The summed E-state index contributed by atoms with van der Waals surface area (Å²) in [5, 5.41) is 1.29. The van der Waals surface area contributed by atoms with E-state index < -0.39 is 0 Å². The lowest BCUT2D eigenvalue weighted by molar-refractivity contribution is 0.309. The molecule has 25 heavy (non-hydrogen) atoms. The van der Waals surface area contributed by atoms with Crippen molar-refractivity contribution in [3.8, 4) is 5.75 Å². The van der Waals surface area contributed by atoms with E-state index in [9.17, 15) is 0 Å². The van der Waals surface area contributed by atoms with Crippen LogP contribution in [0.15, 0.2) is 48.7 Å². The fourth-order valence-corrected chi connectivity index (χ4v) is 3.25. The second kappa shape index (κ2) is 8.21. The third-order valence-electron chi connectivity index (χ3n) is 4.77. The van der Waals surface area contributed by atoms with Crippen LogP contribution in [0.4, 0.5) is 0 Å². The van der Waals surface area contributed by atoms with E-state index in [1.165, 1.54) is 27.6 Å². The maximum atomic E-state index is 6.11. The van der Waals surface area contributed by atoms with Crippen molar-refractivity contribution in [2.45, 2.75) is 39.0 Å². The molecule has 0 spiro atoms. The van der Waals surface area contributed by atoms with Crippen molar-refractivity contribution in [2.24, 2.45) is 5.73 Å². The molecule has 1 atom stereocenters. The Bertz CT molecular complexity index is 805. The molecule has 0 aliphatic carbocycles. The standard InChI is InChI=1S/C22H28N2O/c1-3-4-11-25-19-8-6-17(7-9-19)13-18(14-23)21-15-24-22-10-5-16(2)12-20(21)22/h5-10,12,15,18,24H,3-4,11,13-14,23H2,1-2H3. The third kappa shape index (κ3) is 4.23. The fourth-order valence-electron chi connectivity index (χ4n) is 3.25. The monoisotopic (exact) mass is 336 g/mol. The van der Waals surface area contributed by atoms with Crippen LogP contribution < -0.4 is 10.5 Å². The van der Waals surface area contributed by atoms with Crippen LogP contribution in [0.1, 0.15) is 42.4 Å². The number of fused-ring (bicyclic) bond motifs is 1. The Labute approximate surface area is 150 Å². The van der Waals surface area contributed by atoms with Gasteiger partial charge in [-0.1, -0.05) is 37.1 Å². The minimum Gasteiger partial charge on any atom is -0.494 e. The predicted molar refractivity (Wildman–Crippen MR) is 105 cm³/mol. The van der Waals surface area contributed by atoms with Crippen molar-refractivity contribution < 1.29 is 4.74 Å². The first-order valence-electron chi connectivity index (χ1n) is 9.20. The molecule has 1 unspecified atom stereocenters. The number of H-pyrrole nitrogens is 1. The number of unbranched alkanes of at least 4 members (excludes halogenated alkanes) is 1. The Hall–Kier alpha value is -2.26. The molecule has 132 valence electrons. The smallest absolute Gasteiger partial charge is 0.119 e. The van der Waals surface area contributed by atoms with E-state index in [2.05, 4.69) is 67.5 Å². The number of ether oxygens (including phenoxy) is 1. The van der Waals surface area contributed by atoms with Crippen LogP contribution in [0.25, 0.3) is 10.9 Å². The quantitative estimate of drug-likeness (QED) is 0.572. The van der Waals surface area contributed by atoms with Crippen molar-refractivity contribution in [3.05, 3.63) is 65.4 Å². The number of nitrogens with one attached hydrogen (secondary N) is 1. The molecule has 1 aromatic heterocycles. The Kier molecular flexibility index (Phi) is 5.77. The molecule has 0 radical (unpaired) electrons. The van der Waals surface area contributed by atoms with Crippen LogP contribution in [-0.2, 0) is 6.42 Å². The van der Waals surface area contributed by atoms with Gasteiger partial charge in [-0.25, -0.2) is 0 Å². The number of nitrogens with two attached hydrogens (primary N) is 1. The number of hydrogen-bond acceptors (Lipinski definition) is 2. The highest BCUT2D eigenvalue weighted by Crippen LogP contribution is 2.29. The highest BCUT2D eigenvalue weighted by Gasteiger charge is 2.15. The van der Waals surface area contributed by atoms with Crippen molar-refractivity contribution in [1.82, 2.24) is 4.98 Å². The molecular formula is C22H28N2O. The number of aryl methyl sites for hydroxylation is 1. The summed E-state index contributed by atoms with van der Waals surface area (Å²) in [6.07, 6.45) is 5.30. The lowest BCUT2D eigenvalue weighted by Gasteiger charge is -2.15. The first kappa shape index (κ1) is 17.6. The fraction of sp³-hybridized carbons (Fsp3) is 0.364. The van der Waals surface area contributed by atoms with Gasteiger partial charge in [0.15, 0.2) is 0 Å². The molecule has 3 N–H and O–H groups in total. The van der Waals surface area contributed by atoms with E-state index in [-0.39, 0.29) is 0 Å². The van der Waals surface area contributed by atoms with Gasteiger partial charge in [0, 0.05) is 23.0 Å². The molecule has 2 aromatic carbocycles. The summed E-state index contributed by atoms with van der Waals surface area (Å²) >= 11 is 0. The topological polar surface area (TPSA) is 51.0 Å². The van der Waals surface area contributed by atoms with Crippen molar-refractivity contribution >= 4 is 10.9 Å². The summed E-state index contributed by atoms with van der Waals surface area (Å²) < 4.78 is 5.75. The first-order valence-corrected chi connectivity index (χ1v) is 9.20. The zero-order valence-corrected chi connectivity index (χ0v) is 15.2. The van der Waals surface area contributed by atoms with Crippen LogP contribution in [0, 0.1) is 6.92 Å². The van der Waals surface area contributed by atoms with E-state index in [1.807, 2.05) is 0 Å². The van der Waals surface area contributed by atoms with Crippen LogP contribution in [0.5, 0.6) is 5.75 Å². The van der Waals surface area contributed by atoms with Gasteiger partial charge >= 0.3 is 0 Å². The second-order valence-corrected chi connectivity index (χ2v) is 6.78. The third-order valence-corrected chi connectivity index (χ3v) is 4.77. The molecule has 0 aliphatic heterocycles. The summed E-state index contributed by atoms with van der Waals surface area (Å²) in [6.45, 7) is 5.72. The molecule has 0 fully saturated rings. The van der Waals surface area contributed by atoms with E-state index >= 15 is 0 Å². The highest BCUT2D eigenvalue weighted by molar-refractivity contribution is 5.84. The van der Waals surface area contributed by atoms with Gasteiger partial charge in [0.05, 0.1) is 6.61 Å². The largest absolute Gasteiger partial charge is 0.494 e. The number of hydrogen-bond donors (Lipinski definition) is 2. The summed E-state index contributed by atoms with van der Waals surface area (Å²) in [6, 6.07) is 15.0. The Balaban J connectivity index is 1.74. The molecule has 3 rings (SSSR count). The molecule has 0 bridgehead atoms. The molecule has 3 aromatic rings. The van der Waals surface area contributed by atoms with Crippen molar-refractivity contribution in [1.29, 1.82) is 0 Å². The molecule has 0 amide bonds. The Morgan fingerprint density at radius 2 is 1.92 bits per heavy atom. The summed E-state index contributed by atoms with van der Waals surface area (Å²) in [5.74, 6) is 1.26. The van der Waals surface area contributed by atoms with Crippen LogP contribution in [0.2, 0.25) is 0 Å². The summed E-state index contributed by atoms with van der Waals surface area (Å²) in [7, 11) is 0. The van der Waals surface area contributed by atoms with E-state index in [0.717, 1.165) is 31.6 Å². The van der Waals surface area contributed by atoms with Crippen LogP contribution in [-0.4, -0.2) is 18.1 Å². The normalized spacial score (nSPS) is 12.4. The van der Waals surface area contributed by atoms with Crippen molar-refractivity contribution in [3.63, 3.8) is 0 Å². The van der Waals surface area contributed by atoms with Crippen LogP contribution >= 0.6 is 0 Å². The first-order chi connectivity index (χ1) is 12.2. The van der Waals surface area contributed by atoms with Gasteiger partial charge in [-0.15, -0.1) is 0 Å². The van der Waals surface area contributed by atoms with Gasteiger partial charge < -0.3 is 15.5 Å².